The Labute approximate surface area is 71.6 Å². The molecule has 1 heterocycles. The van der Waals surface area contributed by atoms with Gasteiger partial charge in [-0.05, 0) is 0 Å². The van der Waals surface area contributed by atoms with Crippen LogP contribution in [0.15, 0.2) is 0 Å². The molecule has 76 valence electrons. The maximum absolute atomic E-state index is 12.3. The van der Waals surface area contributed by atoms with Crippen LogP contribution in [0.4, 0.5) is 13.2 Å². The van der Waals surface area contributed by atoms with Crippen molar-refractivity contribution in [1.82, 2.24) is 0 Å². The molecule has 1 fully saturated rings. The molecule has 0 unspecified atom stereocenters. The van der Waals surface area contributed by atoms with Crippen molar-refractivity contribution in [3.8, 4) is 0 Å². The van der Waals surface area contributed by atoms with Gasteiger partial charge in [-0.15, -0.1) is 0 Å². The molecular formula is C6H7F3O4. The van der Waals surface area contributed by atoms with Gasteiger partial charge in [-0.3, -0.25) is 0 Å². The Bertz CT molecular complexity index is 206. The first-order valence-electron chi connectivity index (χ1n) is 3.37. The summed E-state index contributed by atoms with van der Waals surface area (Å²) in [5.74, 6) is -4.81. The fourth-order valence-corrected chi connectivity index (χ4v) is 0.944. The Morgan fingerprint density at radius 3 is 2.15 bits per heavy atom. The third kappa shape index (κ3) is 1.49. The van der Waals surface area contributed by atoms with Crippen LogP contribution in [0.25, 0.3) is 0 Å². The van der Waals surface area contributed by atoms with Gasteiger partial charge in [-0.25, -0.2) is 4.79 Å². The van der Waals surface area contributed by atoms with E-state index in [0.717, 1.165) is 7.11 Å². The van der Waals surface area contributed by atoms with Crippen LogP contribution in [0.1, 0.15) is 0 Å². The molecule has 0 N–H and O–H groups in total. The Kier molecular flexibility index (Phi) is 2.49. The van der Waals surface area contributed by atoms with Crippen LogP contribution in [0.3, 0.4) is 0 Å². The Hall–Kier alpha value is -0.820. The topological polar surface area (TPSA) is 44.8 Å². The second-order valence-corrected chi connectivity index (χ2v) is 2.30. The standard InChI is InChI=1S/C6H7F3O4/c1-11-4(10)5(6(7,8)9)12-2-3-13-5/h2-3H2,1H3. The van der Waals surface area contributed by atoms with Gasteiger partial charge in [0.15, 0.2) is 0 Å². The van der Waals surface area contributed by atoms with Crippen molar-refractivity contribution >= 4 is 5.97 Å². The molecule has 7 heteroatoms. The number of methoxy groups -OCH3 is 1. The fourth-order valence-electron chi connectivity index (χ4n) is 0.944. The van der Waals surface area contributed by atoms with Gasteiger partial charge in [-0.2, -0.15) is 13.2 Å². The zero-order chi connectivity index (χ0) is 10.1. The summed E-state index contributed by atoms with van der Waals surface area (Å²) >= 11 is 0. The van der Waals surface area contributed by atoms with Gasteiger partial charge >= 0.3 is 17.9 Å². The normalized spacial score (nSPS) is 21.5. The quantitative estimate of drug-likeness (QED) is 0.577. The third-order valence-corrected chi connectivity index (χ3v) is 1.52. The third-order valence-electron chi connectivity index (χ3n) is 1.52. The first-order chi connectivity index (χ1) is 5.94. The van der Waals surface area contributed by atoms with Crippen molar-refractivity contribution in [2.24, 2.45) is 0 Å². The van der Waals surface area contributed by atoms with Crippen molar-refractivity contribution in [3.05, 3.63) is 0 Å². The molecule has 1 rings (SSSR count). The number of alkyl halides is 3. The summed E-state index contributed by atoms with van der Waals surface area (Å²) in [6.07, 6.45) is -4.92. The van der Waals surface area contributed by atoms with Gasteiger partial charge in [0.1, 0.15) is 0 Å². The van der Waals surface area contributed by atoms with Gasteiger partial charge in [0, 0.05) is 0 Å². The van der Waals surface area contributed by atoms with Crippen LogP contribution in [0.5, 0.6) is 0 Å². The number of hydrogen-bond donors (Lipinski definition) is 0. The number of carbonyl (C=O) groups is 1. The molecule has 0 radical (unpaired) electrons. The van der Waals surface area contributed by atoms with E-state index in [0.29, 0.717) is 0 Å². The minimum absolute atomic E-state index is 0.283. The molecule has 0 aliphatic carbocycles. The maximum atomic E-state index is 12.3. The predicted octanol–water partition coefficient (Wildman–Crippen LogP) is 0.465. The lowest BCUT2D eigenvalue weighted by atomic mass is 10.3. The molecule has 4 nitrogen and oxygen atoms in total. The molecule has 0 saturated carbocycles. The number of hydrogen-bond acceptors (Lipinski definition) is 4. The summed E-state index contributed by atoms with van der Waals surface area (Å²) in [4.78, 5) is 10.8. The van der Waals surface area contributed by atoms with Crippen molar-refractivity contribution in [1.29, 1.82) is 0 Å². The Morgan fingerprint density at radius 1 is 1.38 bits per heavy atom. The molecule has 0 amide bonds. The SMILES string of the molecule is COC(=O)C1(C(F)(F)F)OCCO1. The van der Waals surface area contributed by atoms with E-state index < -0.39 is 17.9 Å². The van der Waals surface area contributed by atoms with E-state index in [1.807, 2.05) is 0 Å². The van der Waals surface area contributed by atoms with Crippen molar-refractivity contribution in [2.75, 3.05) is 20.3 Å². The highest BCUT2D eigenvalue weighted by Gasteiger charge is 2.67. The minimum atomic E-state index is -4.92. The molecule has 0 bridgehead atoms. The first-order valence-corrected chi connectivity index (χ1v) is 3.37. The molecule has 1 saturated heterocycles. The molecule has 1 aliphatic heterocycles. The molecular weight excluding hydrogens is 193 g/mol. The predicted molar refractivity (Wildman–Crippen MR) is 32.7 cm³/mol. The van der Waals surface area contributed by atoms with Gasteiger partial charge in [0.2, 0.25) is 0 Å². The van der Waals surface area contributed by atoms with Gasteiger partial charge in [-0.1, -0.05) is 0 Å². The van der Waals surface area contributed by atoms with Crippen LogP contribution in [0, 0.1) is 0 Å². The second-order valence-electron chi connectivity index (χ2n) is 2.30. The Balaban J connectivity index is 2.94. The van der Waals surface area contributed by atoms with E-state index in [1.165, 1.54) is 0 Å². The molecule has 0 atom stereocenters. The number of carbonyl (C=O) groups excluding carboxylic acids is 1. The largest absolute Gasteiger partial charge is 0.465 e. The average Bonchev–Trinajstić information content (AvgIpc) is 2.50. The lowest BCUT2D eigenvalue weighted by Gasteiger charge is -2.25. The number of halogens is 3. The van der Waals surface area contributed by atoms with Crippen molar-refractivity contribution in [3.63, 3.8) is 0 Å². The van der Waals surface area contributed by atoms with E-state index in [1.54, 1.807) is 0 Å². The summed E-state index contributed by atoms with van der Waals surface area (Å²) in [7, 11) is 0.834. The van der Waals surface area contributed by atoms with E-state index >= 15 is 0 Å². The highest BCUT2D eigenvalue weighted by Crippen LogP contribution is 2.38. The molecule has 0 aromatic carbocycles. The second kappa shape index (κ2) is 3.15. The van der Waals surface area contributed by atoms with Crippen molar-refractivity contribution in [2.45, 2.75) is 12.0 Å². The number of rotatable bonds is 1. The van der Waals surface area contributed by atoms with Crippen LogP contribution >= 0.6 is 0 Å². The van der Waals surface area contributed by atoms with Gasteiger partial charge in [0.25, 0.3) is 0 Å². The Morgan fingerprint density at radius 2 is 1.85 bits per heavy atom. The average molecular weight is 200 g/mol. The van der Waals surface area contributed by atoms with Crippen molar-refractivity contribution < 1.29 is 32.2 Å². The zero-order valence-electron chi connectivity index (χ0n) is 6.68. The highest BCUT2D eigenvalue weighted by molar-refractivity contribution is 5.79. The molecule has 13 heavy (non-hydrogen) atoms. The smallest absolute Gasteiger partial charge is 0.455 e. The summed E-state index contributed by atoms with van der Waals surface area (Å²) < 4.78 is 49.3. The summed E-state index contributed by atoms with van der Waals surface area (Å²) in [5.41, 5.74) is 0. The molecule has 0 spiro atoms. The monoisotopic (exact) mass is 200 g/mol. The number of esters is 1. The lowest BCUT2D eigenvalue weighted by molar-refractivity contribution is -0.332. The minimum Gasteiger partial charge on any atom is -0.465 e. The summed E-state index contributed by atoms with van der Waals surface area (Å²) in [5, 5.41) is 0. The van der Waals surface area contributed by atoms with E-state index in [9.17, 15) is 18.0 Å². The van der Waals surface area contributed by atoms with E-state index in [4.69, 9.17) is 0 Å². The van der Waals surface area contributed by atoms with Gasteiger partial charge < -0.3 is 14.2 Å². The zero-order valence-corrected chi connectivity index (χ0v) is 6.68. The first kappa shape index (κ1) is 10.3. The van der Waals surface area contributed by atoms with Crippen LogP contribution in [-0.2, 0) is 19.0 Å². The van der Waals surface area contributed by atoms with Gasteiger partial charge in [0.05, 0.1) is 20.3 Å². The lowest BCUT2D eigenvalue weighted by Crippen LogP contribution is -2.53. The molecule has 1 aliphatic rings. The molecule has 0 aromatic rings. The fraction of sp³-hybridized carbons (Fsp3) is 0.833. The highest BCUT2D eigenvalue weighted by atomic mass is 19.4. The summed E-state index contributed by atoms with van der Waals surface area (Å²) in [6, 6.07) is 0. The summed E-state index contributed by atoms with van der Waals surface area (Å²) in [6.45, 7) is -0.566. The van der Waals surface area contributed by atoms with E-state index in [-0.39, 0.29) is 13.2 Å². The molecule has 0 aromatic heterocycles. The maximum Gasteiger partial charge on any atom is 0.455 e. The van der Waals surface area contributed by atoms with Crippen LogP contribution in [-0.4, -0.2) is 38.3 Å². The van der Waals surface area contributed by atoms with E-state index in [2.05, 4.69) is 14.2 Å². The van der Waals surface area contributed by atoms with Crippen LogP contribution in [0.2, 0.25) is 0 Å². The number of ether oxygens (including phenoxy) is 3. The van der Waals surface area contributed by atoms with Crippen LogP contribution < -0.4 is 0 Å².